The Hall–Kier alpha value is -1.72. The van der Waals surface area contributed by atoms with Crippen LogP contribution in [-0.4, -0.2) is 24.7 Å². The van der Waals surface area contributed by atoms with E-state index in [0.717, 1.165) is 36.8 Å². The molecule has 0 radical (unpaired) electrons. The molecule has 0 fully saturated rings. The summed E-state index contributed by atoms with van der Waals surface area (Å²) in [6.07, 6.45) is 6.87. The first kappa shape index (κ1) is 18.1. The lowest BCUT2D eigenvalue weighted by molar-refractivity contribution is 0.295. The van der Waals surface area contributed by atoms with Crippen LogP contribution in [0.2, 0.25) is 0 Å². The van der Waals surface area contributed by atoms with E-state index in [9.17, 15) is 8.42 Å². The van der Waals surface area contributed by atoms with Crippen molar-refractivity contribution in [3.63, 3.8) is 0 Å². The van der Waals surface area contributed by atoms with Gasteiger partial charge in [0.1, 0.15) is 0 Å². The molecule has 134 valence electrons. The number of nitrogens with one attached hydrogen (secondary N) is 1. The first-order chi connectivity index (χ1) is 12.0. The molecule has 1 aliphatic heterocycles. The Bertz CT molecular complexity index is 821. The Labute approximate surface area is 150 Å². The molecule has 1 aliphatic rings. The van der Waals surface area contributed by atoms with Crippen LogP contribution in [0.4, 0.5) is 0 Å². The molecule has 1 N–H and O–H groups in total. The van der Waals surface area contributed by atoms with Gasteiger partial charge in [0.05, 0.1) is 16.7 Å². The Morgan fingerprint density at radius 2 is 1.96 bits per heavy atom. The lowest BCUT2D eigenvalue weighted by atomic mass is 9.88. The number of rotatable bonds is 5. The van der Waals surface area contributed by atoms with Gasteiger partial charge in [-0.05, 0) is 30.0 Å². The molecule has 0 amide bonds. The van der Waals surface area contributed by atoms with Crippen LogP contribution in [-0.2, 0) is 9.84 Å². The molecule has 0 spiro atoms. The molecule has 0 saturated carbocycles. The molecular weight excluding hydrogens is 332 g/mol. The zero-order valence-corrected chi connectivity index (χ0v) is 15.7. The second kappa shape index (κ2) is 7.26. The first-order valence-corrected chi connectivity index (χ1v) is 10.7. The zero-order chi connectivity index (χ0) is 17.9. The minimum atomic E-state index is -3.39. The SMILES string of the molecule is CCCC[C@@]1(CC)CS(=O)(=O)c2cnccc2[C@@H](c2ccccc2)N1. The Morgan fingerprint density at radius 1 is 1.20 bits per heavy atom. The third kappa shape index (κ3) is 3.62. The largest absolute Gasteiger partial charge is 0.300 e. The maximum atomic E-state index is 13.1. The van der Waals surface area contributed by atoms with E-state index in [1.807, 2.05) is 24.3 Å². The number of sulfone groups is 1. The lowest BCUT2D eigenvalue weighted by Gasteiger charge is -2.35. The highest BCUT2D eigenvalue weighted by molar-refractivity contribution is 7.91. The summed E-state index contributed by atoms with van der Waals surface area (Å²) in [6, 6.07) is 11.8. The summed E-state index contributed by atoms with van der Waals surface area (Å²) in [4.78, 5) is 4.46. The molecule has 2 atom stereocenters. The second-order valence-corrected chi connectivity index (χ2v) is 8.86. The summed E-state index contributed by atoms with van der Waals surface area (Å²) < 4.78 is 26.3. The van der Waals surface area contributed by atoms with E-state index in [1.54, 1.807) is 6.20 Å². The van der Waals surface area contributed by atoms with Crippen molar-refractivity contribution < 1.29 is 8.42 Å². The fourth-order valence-electron chi connectivity index (χ4n) is 3.70. The molecule has 3 rings (SSSR count). The monoisotopic (exact) mass is 358 g/mol. The van der Waals surface area contributed by atoms with E-state index >= 15 is 0 Å². The fraction of sp³-hybridized carbons (Fsp3) is 0.450. The average Bonchev–Trinajstić information content (AvgIpc) is 2.74. The van der Waals surface area contributed by atoms with Crippen LogP contribution in [0, 0.1) is 0 Å². The van der Waals surface area contributed by atoms with Gasteiger partial charge in [-0.2, -0.15) is 0 Å². The Balaban J connectivity index is 2.17. The molecule has 0 unspecified atom stereocenters. The number of hydrogen-bond acceptors (Lipinski definition) is 4. The minimum Gasteiger partial charge on any atom is -0.300 e. The summed E-state index contributed by atoms with van der Waals surface area (Å²) in [7, 11) is -3.39. The number of aromatic nitrogens is 1. The van der Waals surface area contributed by atoms with Crippen molar-refractivity contribution in [3.8, 4) is 0 Å². The maximum absolute atomic E-state index is 13.1. The quantitative estimate of drug-likeness (QED) is 0.881. The van der Waals surface area contributed by atoms with Crippen molar-refractivity contribution in [3.05, 3.63) is 59.9 Å². The first-order valence-electron chi connectivity index (χ1n) is 9.00. The molecule has 1 aromatic carbocycles. The van der Waals surface area contributed by atoms with Crippen LogP contribution in [0.15, 0.2) is 53.7 Å². The number of benzene rings is 1. The fourth-order valence-corrected chi connectivity index (χ4v) is 5.79. The zero-order valence-electron chi connectivity index (χ0n) is 14.9. The topological polar surface area (TPSA) is 59.1 Å². The molecule has 0 aliphatic carbocycles. The molecule has 5 heteroatoms. The van der Waals surface area contributed by atoms with E-state index in [1.165, 1.54) is 6.20 Å². The van der Waals surface area contributed by atoms with Gasteiger partial charge in [-0.3, -0.25) is 10.3 Å². The highest BCUT2D eigenvalue weighted by Gasteiger charge is 2.41. The summed E-state index contributed by atoms with van der Waals surface area (Å²) >= 11 is 0. The number of pyridine rings is 1. The predicted molar refractivity (Wildman–Crippen MR) is 100 cm³/mol. The summed E-state index contributed by atoms with van der Waals surface area (Å²) in [5.41, 5.74) is 1.46. The number of unbranched alkanes of at least 4 members (excludes halogenated alkanes) is 1. The smallest absolute Gasteiger partial charge is 0.182 e. The molecule has 2 heterocycles. The van der Waals surface area contributed by atoms with Gasteiger partial charge >= 0.3 is 0 Å². The van der Waals surface area contributed by atoms with E-state index in [0.29, 0.717) is 4.90 Å². The van der Waals surface area contributed by atoms with E-state index in [2.05, 4.69) is 36.3 Å². The van der Waals surface area contributed by atoms with Gasteiger partial charge in [0.25, 0.3) is 0 Å². The summed E-state index contributed by atoms with van der Waals surface area (Å²) in [5.74, 6) is 0.124. The van der Waals surface area contributed by atoms with Crippen molar-refractivity contribution in [1.82, 2.24) is 10.3 Å². The maximum Gasteiger partial charge on any atom is 0.182 e. The van der Waals surface area contributed by atoms with Crippen LogP contribution in [0.1, 0.15) is 56.7 Å². The van der Waals surface area contributed by atoms with Gasteiger partial charge in [-0.25, -0.2) is 8.42 Å². The highest BCUT2D eigenvalue weighted by Crippen LogP contribution is 2.37. The Kier molecular flexibility index (Phi) is 5.25. The van der Waals surface area contributed by atoms with Gasteiger partial charge in [0, 0.05) is 17.9 Å². The average molecular weight is 359 g/mol. The normalized spacial score (nSPS) is 25.1. The van der Waals surface area contributed by atoms with Gasteiger partial charge in [-0.1, -0.05) is 57.0 Å². The standard InChI is InChI=1S/C20H26N2O2S/c1-3-5-12-20(4-2)15-25(23,24)18-14-21-13-11-17(18)19(22-20)16-9-7-6-8-10-16/h6-11,13-14,19,22H,3-5,12,15H2,1-2H3/t19-,20+/m1/s1. The molecular formula is C20H26N2O2S. The molecule has 0 bridgehead atoms. The molecule has 2 aromatic rings. The van der Waals surface area contributed by atoms with Crippen LogP contribution in [0.3, 0.4) is 0 Å². The summed E-state index contributed by atoms with van der Waals surface area (Å²) in [6.45, 7) is 4.22. The van der Waals surface area contributed by atoms with Crippen molar-refractivity contribution >= 4 is 9.84 Å². The molecule has 1 aromatic heterocycles. The van der Waals surface area contributed by atoms with Crippen molar-refractivity contribution in [2.45, 2.75) is 56.0 Å². The van der Waals surface area contributed by atoms with Gasteiger partial charge in [0.15, 0.2) is 9.84 Å². The number of hydrogen-bond donors (Lipinski definition) is 1. The van der Waals surface area contributed by atoms with E-state index in [-0.39, 0.29) is 11.8 Å². The van der Waals surface area contributed by atoms with Crippen LogP contribution >= 0.6 is 0 Å². The molecule has 25 heavy (non-hydrogen) atoms. The van der Waals surface area contributed by atoms with E-state index in [4.69, 9.17) is 0 Å². The van der Waals surface area contributed by atoms with E-state index < -0.39 is 15.4 Å². The van der Waals surface area contributed by atoms with Crippen LogP contribution < -0.4 is 5.32 Å². The Morgan fingerprint density at radius 3 is 2.64 bits per heavy atom. The van der Waals surface area contributed by atoms with Crippen molar-refractivity contribution in [1.29, 1.82) is 0 Å². The second-order valence-electron chi connectivity index (χ2n) is 6.90. The highest BCUT2D eigenvalue weighted by atomic mass is 32.2. The summed E-state index contributed by atoms with van der Waals surface area (Å²) in [5, 5.41) is 3.74. The minimum absolute atomic E-state index is 0.124. The molecule has 0 saturated heterocycles. The molecule has 4 nitrogen and oxygen atoms in total. The van der Waals surface area contributed by atoms with Crippen LogP contribution in [0.25, 0.3) is 0 Å². The number of nitrogens with zero attached hydrogens (tertiary/aromatic N) is 1. The van der Waals surface area contributed by atoms with Crippen LogP contribution in [0.5, 0.6) is 0 Å². The van der Waals surface area contributed by atoms with Crippen molar-refractivity contribution in [2.24, 2.45) is 0 Å². The van der Waals surface area contributed by atoms with Gasteiger partial charge in [-0.15, -0.1) is 0 Å². The third-order valence-corrected chi connectivity index (χ3v) is 7.14. The predicted octanol–water partition coefficient (Wildman–Crippen LogP) is 3.89. The lowest BCUT2D eigenvalue weighted by Crippen LogP contribution is -2.50. The van der Waals surface area contributed by atoms with Crippen molar-refractivity contribution in [2.75, 3.05) is 5.75 Å². The van der Waals surface area contributed by atoms with Gasteiger partial charge in [0.2, 0.25) is 0 Å². The number of fused-ring (bicyclic) bond motifs is 1. The third-order valence-electron chi connectivity index (χ3n) is 5.20. The van der Waals surface area contributed by atoms with Gasteiger partial charge < -0.3 is 0 Å².